The van der Waals surface area contributed by atoms with Gasteiger partial charge in [-0.25, -0.2) is 14.4 Å². The highest BCUT2D eigenvalue weighted by Gasteiger charge is 2.45. The number of piperazine rings is 1. The van der Waals surface area contributed by atoms with Gasteiger partial charge in [-0.05, 0) is 104 Å². The molecule has 3 fully saturated rings. The number of halogens is 1. The van der Waals surface area contributed by atoms with Crippen LogP contribution in [0, 0.1) is 11.2 Å². The van der Waals surface area contributed by atoms with E-state index in [0.29, 0.717) is 64.4 Å². The summed E-state index contributed by atoms with van der Waals surface area (Å²) >= 11 is 0. The van der Waals surface area contributed by atoms with Crippen molar-refractivity contribution in [3.05, 3.63) is 116 Å². The largest absolute Gasteiger partial charge is 0.392 e. The third kappa shape index (κ3) is 8.38. The summed E-state index contributed by atoms with van der Waals surface area (Å²) in [5, 5.41) is 16.2. The first-order chi connectivity index (χ1) is 34.1. The average Bonchev–Trinajstić information content (AvgIpc) is 3.94. The Kier molecular flexibility index (Phi) is 11.7. The summed E-state index contributed by atoms with van der Waals surface area (Å²) in [5.74, 6) is -2.36. The van der Waals surface area contributed by atoms with Gasteiger partial charge in [-0.3, -0.25) is 53.7 Å². The molecule has 4 aromatic heterocycles. The number of piperidine rings is 2. The quantitative estimate of drug-likeness (QED) is 0.170. The zero-order chi connectivity index (χ0) is 49.5. The molecule has 5 aromatic rings. The van der Waals surface area contributed by atoms with E-state index in [1.54, 1.807) is 42.7 Å². The van der Waals surface area contributed by atoms with Crippen LogP contribution in [0.4, 0.5) is 27.4 Å². The lowest BCUT2D eigenvalue weighted by molar-refractivity contribution is -0.136. The topological polar surface area (TPSA) is 199 Å². The number of likely N-dealkylation sites (tertiary alicyclic amines) is 1. The smallest absolute Gasteiger partial charge is 0.276 e. The van der Waals surface area contributed by atoms with E-state index in [0.717, 1.165) is 81.6 Å². The number of aromatic nitrogens is 4. The van der Waals surface area contributed by atoms with Crippen LogP contribution in [0.2, 0.25) is 0 Å². The molecule has 1 atom stereocenters. The van der Waals surface area contributed by atoms with Crippen LogP contribution < -0.4 is 26.0 Å². The predicted octanol–water partition coefficient (Wildman–Crippen LogP) is 3.99. The van der Waals surface area contributed by atoms with E-state index in [9.17, 15) is 33.9 Å². The fourth-order valence-electron chi connectivity index (χ4n) is 11.7. The summed E-state index contributed by atoms with van der Waals surface area (Å²) in [6, 6.07) is 11.2. The molecule has 0 spiro atoms. The number of carbonyl (C=O) groups is 5. The average molecular weight is 966 g/mol. The normalized spacial score (nSPS) is 20.7. The number of anilines is 4. The molecule has 5 aliphatic heterocycles. The molecule has 368 valence electrons. The van der Waals surface area contributed by atoms with E-state index >= 15 is 4.39 Å². The Balaban J connectivity index is 0.695. The van der Waals surface area contributed by atoms with Gasteiger partial charge in [0.05, 0.1) is 29.6 Å². The first-order valence-corrected chi connectivity index (χ1v) is 24.5. The minimum atomic E-state index is -1.11. The summed E-state index contributed by atoms with van der Waals surface area (Å²) in [6.45, 7) is 10.3. The molecule has 9 heterocycles. The van der Waals surface area contributed by atoms with Crippen molar-refractivity contribution in [1.82, 2.24) is 39.1 Å². The summed E-state index contributed by atoms with van der Waals surface area (Å²) in [6.07, 6.45) is 8.85. The monoisotopic (exact) mass is 965 g/mol. The first kappa shape index (κ1) is 46.3. The van der Waals surface area contributed by atoms with Gasteiger partial charge < -0.3 is 24.5 Å². The molecule has 0 bridgehead atoms. The van der Waals surface area contributed by atoms with Crippen molar-refractivity contribution in [3.8, 4) is 11.1 Å². The van der Waals surface area contributed by atoms with Gasteiger partial charge in [-0.1, -0.05) is 13.8 Å². The highest BCUT2D eigenvalue weighted by molar-refractivity contribution is 6.23. The summed E-state index contributed by atoms with van der Waals surface area (Å²) in [5.41, 5.74) is 6.45. The fraction of sp³-hybridized carbons (Fsp3) is 0.423. The van der Waals surface area contributed by atoms with E-state index in [4.69, 9.17) is 4.98 Å². The number of hydrogen-bond donors (Lipinski definition) is 3. The molecule has 1 aromatic carbocycles. The Morgan fingerprint density at radius 1 is 0.831 bits per heavy atom. The van der Waals surface area contributed by atoms with Crippen molar-refractivity contribution in [2.45, 2.75) is 84.2 Å². The van der Waals surface area contributed by atoms with Crippen LogP contribution in [0.25, 0.3) is 11.1 Å². The second kappa shape index (κ2) is 17.9. The highest BCUT2D eigenvalue weighted by atomic mass is 19.1. The van der Waals surface area contributed by atoms with Gasteiger partial charge in [0, 0.05) is 100 Å². The summed E-state index contributed by atoms with van der Waals surface area (Å²) in [4.78, 5) is 96.9. The molecule has 3 saturated heterocycles. The van der Waals surface area contributed by atoms with Crippen LogP contribution in [0.15, 0.2) is 65.8 Å². The van der Waals surface area contributed by atoms with Gasteiger partial charge in [0.1, 0.15) is 34.9 Å². The highest BCUT2D eigenvalue weighted by Crippen LogP contribution is 2.40. The second-order valence-corrected chi connectivity index (χ2v) is 20.5. The maximum absolute atomic E-state index is 15.4. The lowest BCUT2D eigenvalue weighted by Crippen LogP contribution is -2.54. The van der Waals surface area contributed by atoms with Crippen molar-refractivity contribution in [3.63, 3.8) is 0 Å². The van der Waals surface area contributed by atoms with Gasteiger partial charge in [0.25, 0.3) is 23.3 Å². The van der Waals surface area contributed by atoms with Crippen LogP contribution in [-0.4, -0.2) is 126 Å². The van der Waals surface area contributed by atoms with Gasteiger partial charge >= 0.3 is 0 Å². The Bertz CT molecular complexity index is 3100. The van der Waals surface area contributed by atoms with Gasteiger partial charge in [0.2, 0.25) is 11.8 Å². The molecule has 18 nitrogen and oxygen atoms in total. The molecule has 6 aliphatic rings. The first-order valence-electron chi connectivity index (χ1n) is 24.5. The van der Waals surface area contributed by atoms with E-state index < -0.39 is 35.5 Å². The number of carbonyl (C=O) groups excluding carboxylic acids is 5. The third-order valence-electron chi connectivity index (χ3n) is 15.3. The molecule has 3 N–H and O–H groups in total. The lowest BCUT2D eigenvalue weighted by Gasteiger charge is -2.43. The van der Waals surface area contributed by atoms with Crippen LogP contribution >= 0.6 is 0 Å². The Morgan fingerprint density at radius 2 is 1.59 bits per heavy atom. The number of imide groups is 2. The van der Waals surface area contributed by atoms with Crippen LogP contribution in [-0.2, 0) is 49.2 Å². The van der Waals surface area contributed by atoms with Crippen molar-refractivity contribution in [2.75, 3.05) is 60.9 Å². The SMILES string of the molecule is Cn1cc(-c2ccnc(N3CCn4c(cc5c4CC(C)(C)C5)C3=O)c2CO)cc(Nc2ccc(N3CCN(C4CCN(Cc5cc6c(cc5F)C(=O)N(C5CCC(=O)NC5=O)C6=O)CC4)CC3)cn2)c1=O. The summed E-state index contributed by atoms with van der Waals surface area (Å²) < 4.78 is 19.1. The van der Waals surface area contributed by atoms with E-state index in [-0.39, 0.29) is 54.0 Å². The second-order valence-electron chi connectivity index (χ2n) is 20.5. The number of pyridine rings is 3. The van der Waals surface area contributed by atoms with Crippen molar-refractivity contribution < 1.29 is 33.5 Å². The summed E-state index contributed by atoms with van der Waals surface area (Å²) in [7, 11) is 1.67. The van der Waals surface area contributed by atoms with Crippen molar-refractivity contribution >= 4 is 52.5 Å². The maximum atomic E-state index is 15.4. The number of nitrogens with one attached hydrogen (secondary N) is 2. The fourth-order valence-corrected chi connectivity index (χ4v) is 11.7. The van der Waals surface area contributed by atoms with Crippen LogP contribution in [0.1, 0.15) is 93.1 Å². The van der Waals surface area contributed by atoms with Crippen LogP contribution in [0.3, 0.4) is 0 Å². The predicted molar refractivity (Wildman–Crippen MR) is 261 cm³/mol. The Labute approximate surface area is 409 Å². The molecule has 1 unspecified atom stereocenters. The Hall–Kier alpha value is -7.09. The molecule has 0 radical (unpaired) electrons. The molecule has 11 rings (SSSR count). The van der Waals surface area contributed by atoms with E-state index in [1.165, 1.54) is 21.9 Å². The number of hydrogen-bond acceptors (Lipinski definition) is 13. The molecular weight excluding hydrogens is 910 g/mol. The molecular formula is C52H56FN11O7. The Morgan fingerprint density at radius 3 is 2.31 bits per heavy atom. The van der Waals surface area contributed by atoms with Crippen molar-refractivity contribution in [2.24, 2.45) is 12.5 Å². The number of aliphatic hydroxyl groups excluding tert-OH is 1. The molecule has 71 heavy (non-hydrogen) atoms. The lowest BCUT2D eigenvalue weighted by atomic mass is 9.90. The number of aryl methyl sites for hydroxylation is 1. The van der Waals surface area contributed by atoms with Gasteiger partial charge in [-0.15, -0.1) is 0 Å². The van der Waals surface area contributed by atoms with E-state index in [1.807, 2.05) is 18.2 Å². The number of benzene rings is 1. The molecule has 19 heteroatoms. The number of rotatable bonds is 10. The number of aliphatic hydroxyl groups is 1. The molecule has 5 amide bonds. The van der Waals surface area contributed by atoms with E-state index in [2.05, 4.69) is 48.7 Å². The van der Waals surface area contributed by atoms with Gasteiger partial charge in [-0.2, -0.15) is 0 Å². The zero-order valence-corrected chi connectivity index (χ0v) is 40.0. The van der Waals surface area contributed by atoms with Crippen LogP contribution in [0.5, 0.6) is 0 Å². The number of amides is 5. The number of nitrogens with zero attached hydrogens (tertiary/aromatic N) is 9. The van der Waals surface area contributed by atoms with Gasteiger partial charge in [0.15, 0.2) is 0 Å². The standard InChI is InChI=1S/C52H56FN11O7/c1-52(2)24-30-22-42-51(71)63(19-18-62(42)43(30)25-52)46-38(29-65)35(8-11-54-46)31-21-40(50(70)58(3)27-31)56-44-6-4-34(26-55-44)61-16-14-60(15-17-61)33-9-12-59(13-10-33)28-32-20-36-37(23-39(32)53)49(69)64(48(36)68)41-5-7-45(66)57-47(41)67/h4,6,8,11,20-23,26-27,33,41,65H,5,7,9-10,12-19,24-25,28-29H2,1-3H3,(H,55,56)(H,57,66,67). The maximum Gasteiger partial charge on any atom is 0.276 e. The minimum absolute atomic E-state index is 0.00944. The zero-order valence-electron chi connectivity index (χ0n) is 40.0. The molecule has 1 aliphatic carbocycles. The minimum Gasteiger partial charge on any atom is -0.392 e. The molecule has 0 saturated carbocycles. The number of fused-ring (bicyclic) bond motifs is 4. The third-order valence-corrected chi connectivity index (χ3v) is 15.3. The van der Waals surface area contributed by atoms with Crippen molar-refractivity contribution in [1.29, 1.82) is 0 Å².